The Morgan fingerprint density at radius 3 is 2.64 bits per heavy atom. The molecule has 0 aliphatic rings. The van der Waals surface area contributed by atoms with Gasteiger partial charge in [0.2, 0.25) is 0 Å². The van der Waals surface area contributed by atoms with Gasteiger partial charge in [-0.2, -0.15) is 5.10 Å². The molecule has 0 fully saturated rings. The molecule has 0 aliphatic carbocycles. The van der Waals surface area contributed by atoms with Crippen LogP contribution in [0.25, 0.3) is 5.69 Å². The van der Waals surface area contributed by atoms with Crippen molar-refractivity contribution in [2.45, 2.75) is 20.3 Å². The summed E-state index contributed by atoms with van der Waals surface area (Å²) in [6.45, 7) is 4.34. The molecule has 1 N–H and O–H groups in total. The highest BCUT2D eigenvalue weighted by molar-refractivity contribution is 9.10. The Bertz CT molecular complexity index is 872. The van der Waals surface area contributed by atoms with E-state index in [-0.39, 0.29) is 5.91 Å². The van der Waals surface area contributed by atoms with Crippen molar-refractivity contribution in [3.8, 4) is 5.69 Å². The van der Waals surface area contributed by atoms with Crippen LogP contribution in [0.5, 0.6) is 0 Å². The number of halogens is 1. The normalized spacial score (nSPS) is 10.7. The van der Waals surface area contributed by atoms with E-state index in [1.165, 1.54) is 0 Å². The molecule has 2 heterocycles. The van der Waals surface area contributed by atoms with Gasteiger partial charge < -0.3 is 5.32 Å². The van der Waals surface area contributed by atoms with Gasteiger partial charge in [0.25, 0.3) is 5.91 Å². The molecular weight excluding hydrogens is 380 g/mol. The Morgan fingerprint density at radius 1 is 1.20 bits per heavy atom. The van der Waals surface area contributed by atoms with E-state index in [0.717, 1.165) is 33.5 Å². The van der Waals surface area contributed by atoms with Crippen molar-refractivity contribution in [3.05, 3.63) is 75.8 Å². The Labute approximate surface area is 155 Å². The van der Waals surface area contributed by atoms with Crippen LogP contribution in [-0.4, -0.2) is 27.2 Å². The molecule has 128 valence electrons. The van der Waals surface area contributed by atoms with E-state index >= 15 is 0 Å². The molecule has 0 unspecified atom stereocenters. The number of aromatic nitrogens is 3. The van der Waals surface area contributed by atoms with Gasteiger partial charge in [-0.25, -0.2) is 4.68 Å². The van der Waals surface area contributed by atoms with Gasteiger partial charge in [-0.1, -0.05) is 22.0 Å². The lowest BCUT2D eigenvalue weighted by atomic mass is 10.1. The highest BCUT2D eigenvalue weighted by Crippen LogP contribution is 2.19. The van der Waals surface area contributed by atoms with Crippen molar-refractivity contribution < 1.29 is 4.79 Å². The van der Waals surface area contributed by atoms with E-state index in [1.807, 2.05) is 56.4 Å². The maximum atomic E-state index is 12.6. The summed E-state index contributed by atoms with van der Waals surface area (Å²) in [5.74, 6) is -0.0951. The number of aryl methyl sites for hydroxylation is 1. The van der Waals surface area contributed by atoms with Gasteiger partial charge in [0.05, 0.1) is 22.6 Å². The number of rotatable bonds is 5. The van der Waals surface area contributed by atoms with Gasteiger partial charge in [-0.05, 0) is 56.2 Å². The van der Waals surface area contributed by atoms with Crippen molar-refractivity contribution in [3.63, 3.8) is 0 Å². The summed E-state index contributed by atoms with van der Waals surface area (Å²) in [7, 11) is 0. The van der Waals surface area contributed by atoms with Crippen LogP contribution < -0.4 is 5.32 Å². The Kier molecular flexibility index (Phi) is 5.28. The standard InChI is InChI=1S/C19H19BrN4O/c1-13-18(19(25)22-11-9-15-4-3-10-21-12-15)14(2)24(23-13)17-7-5-16(20)6-8-17/h3-8,10,12H,9,11H2,1-2H3,(H,22,25). The fourth-order valence-electron chi connectivity index (χ4n) is 2.76. The fraction of sp³-hybridized carbons (Fsp3) is 0.211. The van der Waals surface area contributed by atoms with Gasteiger partial charge in [0.1, 0.15) is 0 Å². The first-order valence-electron chi connectivity index (χ1n) is 8.05. The molecule has 5 nitrogen and oxygen atoms in total. The first-order chi connectivity index (χ1) is 12.1. The van der Waals surface area contributed by atoms with Crippen LogP contribution in [0.15, 0.2) is 53.3 Å². The number of benzene rings is 1. The van der Waals surface area contributed by atoms with Crippen molar-refractivity contribution >= 4 is 21.8 Å². The molecule has 3 rings (SSSR count). The molecule has 0 saturated heterocycles. The average molecular weight is 399 g/mol. The Hall–Kier alpha value is -2.47. The van der Waals surface area contributed by atoms with E-state index in [0.29, 0.717) is 12.1 Å². The third-order valence-electron chi connectivity index (χ3n) is 4.01. The van der Waals surface area contributed by atoms with Crippen LogP contribution in [0.3, 0.4) is 0 Å². The third-order valence-corrected chi connectivity index (χ3v) is 4.54. The zero-order valence-electron chi connectivity index (χ0n) is 14.2. The van der Waals surface area contributed by atoms with E-state index in [1.54, 1.807) is 10.9 Å². The second-order valence-electron chi connectivity index (χ2n) is 5.80. The van der Waals surface area contributed by atoms with E-state index in [9.17, 15) is 4.79 Å². The molecule has 1 amide bonds. The van der Waals surface area contributed by atoms with Crippen LogP contribution in [0.4, 0.5) is 0 Å². The molecular formula is C19H19BrN4O. The minimum absolute atomic E-state index is 0.0951. The number of carbonyl (C=O) groups is 1. The number of hydrogen-bond donors (Lipinski definition) is 1. The van der Waals surface area contributed by atoms with Crippen LogP contribution in [-0.2, 0) is 6.42 Å². The van der Waals surface area contributed by atoms with Crippen LogP contribution in [0.1, 0.15) is 27.3 Å². The largest absolute Gasteiger partial charge is 0.352 e. The maximum Gasteiger partial charge on any atom is 0.255 e. The lowest BCUT2D eigenvalue weighted by Crippen LogP contribution is -2.26. The highest BCUT2D eigenvalue weighted by Gasteiger charge is 2.19. The van der Waals surface area contributed by atoms with Crippen molar-refractivity contribution in [2.75, 3.05) is 6.54 Å². The summed E-state index contributed by atoms with van der Waals surface area (Å²) in [6, 6.07) is 11.7. The summed E-state index contributed by atoms with van der Waals surface area (Å²) >= 11 is 3.43. The van der Waals surface area contributed by atoms with Gasteiger partial charge in [0, 0.05) is 23.4 Å². The number of pyridine rings is 1. The number of nitrogens with zero attached hydrogens (tertiary/aromatic N) is 3. The van der Waals surface area contributed by atoms with Crippen molar-refractivity contribution in [1.29, 1.82) is 0 Å². The summed E-state index contributed by atoms with van der Waals surface area (Å²) < 4.78 is 2.81. The number of carbonyl (C=O) groups excluding carboxylic acids is 1. The average Bonchev–Trinajstić information content (AvgIpc) is 2.91. The van der Waals surface area contributed by atoms with Crippen LogP contribution in [0, 0.1) is 13.8 Å². The van der Waals surface area contributed by atoms with Gasteiger partial charge >= 0.3 is 0 Å². The number of nitrogens with one attached hydrogen (secondary N) is 1. The Balaban J connectivity index is 1.73. The molecule has 6 heteroatoms. The topological polar surface area (TPSA) is 59.8 Å². The highest BCUT2D eigenvalue weighted by atomic mass is 79.9. The zero-order chi connectivity index (χ0) is 17.8. The summed E-state index contributed by atoms with van der Waals surface area (Å²) in [6.07, 6.45) is 4.30. The van der Waals surface area contributed by atoms with Gasteiger partial charge in [-0.3, -0.25) is 9.78 Å². The van der Waals surface area contributed by atoms with Crippen molar-refractivity contribution in [2.24, 2.45) is 0 Å². The Morgan fingerprint density at radius 2 is 1.96 bits per heavy atom. The number of hydrogen-bond acceptors (Lipinski definition) is 3. The van der Waals surface area contributed by atoms with Crippen molar-refractivity contribution in [1.82, 2.24) is 20.1 Å². The molecule has 0 atom stereocenters. The SMILES string of the molecule is Cc1nn(-c2ccc(Br)cc2)c(C)c1C(=O)NCCc1cccnc1. The van der Waals surface area contributed by atoms with E-state index in [4.69, 9.17) is 0 Å². The predicted molar refractivity (Wildman–Crippen MR) is 101 cm³/mol. The molecule has 0 saturated carbocycles. The van der Waals surface area contributed by atoms with E-state index < -0.39 is 0 Å². The summed E-state index contributed by atoms with van der Waals surface area (Å²) in [4.78, 5) is 16.7. The first-order valence-corrected chi connectivity index (χ1v) is 8.85. The lowest BCUT2D eigenvalue weighted by Gasteiger charge is -2.07. The minimum Gasteiger partial charge on any atom is -0.352 e. The lowest BCUT2D eigenvalue weighted by molar-refractivity contribution is 0.0953. The second-order valence-corrected chi connectivity index (χ2v) is 6.72. The molecule has 1 aromatic carbocycles. The van der Waals surface area contributed by atoms with Gasteiger partial charge in [0.15, 0.2) is 0 Å². The zero-order valence-corrected chi connectivity index (χ0v) is 15.7. The quantitative estimate of drug-likeness (QED) is 0.713. The van der Waals surface area contributed by atoms with Gasteiger partial charge in [-0.15, -0.1) is 0 Å². The molecule has 0 radical (unpaired) electrons. The maximum absolute atomic E-state index is 12.6. The van der Waals surface area contributed by atoms with E-state index in [2.05, 4.69) is 31.3 Å². The molecule has 0 aliphatic heterocycles. The minimum atomic E-state index is -0.0951. The molecule has 0 bridgehead atoms. The third kappa shape index (κ3) is 3.96. The van der Waals surface area contributed by atoms with Crippen LogP contribution in [0.2, 0.25) is 0 Å². The molecule has 25 heavy (non-hydrogen) atoms. The number of amides is 1. The summed E-state index contributed by atoms with van der Waals surface area (Å²) in [5, 5.41) is 7.50. The summed E-state index contributed by atoms with van der Waals surface area (Å²) in [5.41, 5.74) is 4.21. The smallest absolute Gasteiger partial charge is 0.255 e. The van der Waals surface area contributed by atoms with Crippen LogP contribution >= 0.6 is 15.9 Å². The monoisotopic (exact) mass is 398 g/mol. The first kappa shape index (κ1) is 17.4. The fourth-order valence-corrected chi connectivity index (χ4v) is 3.02. The predicted octanol–water partition coefficient (Wildman–Crippen LogP) is 3.62. The second kappa shape index (κ2) is 7.61. The molecule has 2 aromatic heterocycles. The molecule has 3 aromatic rings. The molecule has 0 spiro atoms.